The number of methoxy groups -OCH3 is 1. The molecule has 0 radical (unpaired) electrons. The molecule has 0 fully saturated rings. The van der Waals surface area contributed by atoms with Gasteiger partial charge in [-0.3, -0.25) is 0 Å². The Morgan fingerprint density at radius 3 is 2.55 bits per heavy atom. The van der Waals surface area contributed by atoms with Crippen LogP contribution in [0.25, 0.3) is 0 Å². The minimum atomic E-state index is -0.356. The number of hydrogen-bond donors (Lipinski definition) is 1. The topological polar surface area (TPSA) is 47.0 Å². The Hall–Kier alpha value is -0.810. The fraction of sp³-hybridized carbons (Fsp3) is 0.733. The zero-order valence-corrected chi connectivity index (χ0v) is 13.8. The first-order valence-electron chi connectivity index (χ1n) is 7.47. The third-order valence-corrected chi connectivity index (χ3v) is 5.03. The maximum Gasteiger partial charge on any atom is 0.162 e. The minimum Gasteiger partial charge on any atom is -0.370 e. The van der Waals surface area contributed by atoms with E-state index in [1.807, 2.05) is 11.8 Å². The Labute approximate surface area is 126 Å². The number of rotatable bonds is 7. The SMILES string of the molecule is CCCNc1nc(C(CC)(CC)OC)nc2c1CSC2. The number of anilines is 1. The van der Waals surface area contributed by atoms with E-state index < -0.39 is 0 Å². The summed E-state index contributed by atoms with van der Waals surface area (Å²) >= 11 is 1.91. The van der Waals surface area contributed by atoms with Crippen molar-refractivity contribution in [3.8, 4) is 0 Å². The lowest BCUT2D eigenvalue weighted by molar-refractivity contribution is -0.0291. The number of aromatic nitrogens is 2. The lowest BCUT2D eigenvalue weighted by Gasteiger charge is -2.29. The molecule has 4 nitrogen and oxygen atoms in total. The van der Waals surface area contributed by atoms with Crippen LogP contribution < -0.4 is 5.32 Å². The van der Waals surface area contributed by atoms with Crippen LogP contribution in [-0.4, -0.2) is 23.6 Å². The normalized spacial score (nSPS) is 14.4. The van der Waals surface area contributed by atoms with Crippen molar-refractivity contribution in [2.24, 2.45) is 0 Å². The molecule has 1 aromatic heterocycles. The van der Waals surface area contributed by atoms with Crippen molar-refractivity contribution in [2.45, 2.75) is 57.1 Å². The summed E-state index contributed by atoms with van der Waals surface area (Å²) in [6.07, 6.45) is 2.87. The highest BCUT2D eigenvalue weighted by Crippen LogP contribution is 2.37. The van der Waals surface area contributed by atoms with Gasteiger partial charge in [0.1, 0.15) is 11.4 Å². The molecular weight excluding hydrogens is 270 g/mol. The maximum absolute atomic E-state index is 5.78. The van der Waals surface area contributed by atoms with E-state index in [-0.39, 0.29) is 5.60 Å². The Bertz CT molecular complexity index is 452. The summed E-state index contributed by atoms with van der Waals surface area (Å²) in [6, 6.07) is 0. The molecule has 1 aliphatic rings. The highest BCUT2D eigenvalue weighted by atomic mass is 32.2. The van der Waals surface area contributed by atoms with Crippen LogP contribution in [0.2, 0.25) is 0 Å². The summed E-state index contributed by atoms with van der Waals surface area (Å²) in [5, 5.41) is 3.46. The van der Waals surface area contributed by atoms with Crippen molar-refractivity contribution >= 4 is 17.6 Å². The van der Waals surface area contributed by atoms with Gasteiger partial charge in [0.15, 0.2) is 5.82 Å². The molecule has 0 aliphatic carbocycles. The quantitative estimate of drug-likeness (QED) is 0.831. The van der Waals surface area contributed by atoms with Crippen molar-refractivity contribution in [1.82, 2.24) is 9.97 Å². The highest BCUT2D eigenvalue weighted by molar-refractivity contribution is 7.98. The van der Waals surface area contributed by atoms with Gasteiger partial charge in [0.25, 0.3) is 0 Å². The summed E-state index contributed by atoms with van der Waals surface area (Å²) in [5.41, 5.74) is 2.11. The average molecular weight is 295 g/mol. The standard InChI is InChI=1S/C15H25N3OS/c1-5-8-16-13-11-9-20-10-12(11)17-14(18-13)15(6-2,7-3)19-4/h5-10H2,1-4H3,(H,16,17,18). The lowest BCUT2D eigenvalue weighted by Crippen LogP contribution is -2.30. The van der Waals surface area contributed by atoms with Gasteiger partial charge in [0.2, 0.25) is 0 Å². The molecule has 1 aliphatic heterocycles. The second-order valence-corrected chi connectivity index (χ2v) is 6.13. The van der Waals surface area contributed by atoms with Crippen LogP contribution in [0.3, 0.4) is 0 Å². The Morgan fingerprint density at radius 2 is 1.95 bits per heavy atom. The van der Waals surface area contributed by atoms with Crippen molar-refractivity contribution in [3.05, 3.63) is 17.1 Å². The molecule has 0 aromatic carbocycles. The molecule has 2 heterocycles. The van der Waals surface area contributed by atoms with Crippen molar-refractivity contribution < 1.29 is 4.74 Å². The zero-order valence-electron chi connectivity index (χ0n) is 13.0. The Balaban J connectivity index is 2.44. The molecule has 0 saturated carbocycles. The molecule has 1 aromatic rings. The number of fused-ring (bicyclic) bond motifs is 1. The monoisotopic (exact) mass is 295 g/mol. The Kier molecular flexibility index (Phi) is 5.27. The summed E-state index contributed by atoms with van der Waals surface area (Å²) in [5.74, 6) is 3.85. The molecule has 112 valence electrons. The van der Waals surface area contributed by atoms with Gasteiger partial charge >= 0.3 is 0 Å². The van der Waals surface area contributed by atoms with E-state index in [0.29, 0.717) is 0 Å². The minimum absolute atomic E-state index is 0.356. The van der Waals surface area contributed by atoms with Gasteiger partial charge in [0, 0.05) is 30.7 Å². The van der Waals surface area contributed by atoms with E-state index in [0.717, 1.165) is 49.0 Å². The van der Waals surface area contributed by atoms with E-state index in [2.05, 4.69) is 26.1 Å². The Morgan fingerprint density at radius 1 is 1.20 bits per heavy atom. The first-order valence-corrected chi connectivity index (χ1v) is 8.63. The number of thioether (sulfide) groups is 1. The molecule has 20 heavy (non-hydrogen) atoms. The molecule has 0 unspecified atom stereocenters. The number of nitrogens with zero attached hydrogens (tertiary/aromatic N) is 2. The maximum atomic E-state index is 5.78. The summed E-state index contributed by atoms with van der Waals surface area (Å²) < 4.78 is 5.78. The van der Waals surface area contributed by atoms with Gasteiger partial charge in [-0.25, -0.2) is 9.97 Å². The molecule has 5 heteroatoms. The first-order chi connectivity index (χ1) is 9.70. The molecule has 1 N–H and O–H groups in total. The van der Waals surface area contributed by atoms with Gasteiger partial charge < -0.3 is 10.1 Å². The lowest BCUT2D eigenvalue weighted by atomic mass is 9.95. The molecular formula is C15H25N3OS. The average Bonchev–Trinajstić information content (AvgIpc) is 2.96. The predicted molar refractivity (Wildman–Crippen MR) is 85.1 cm³/mol. The summed E-state index contributed by atoms with van der Waals surface area (Å²) in [4.78, 5) is 9.62. The van der Waals surface area contributed by atoms with Crippen LogP contribution in [0, 0.1) is 0 Å². The van der Waals surface area contributed by atoms with Crippen LogP contribution in [-0.2, 0) is 21.8 Å². The fourth-order valence-electron chi connectivity index (χ4n) is 2.59. The number of nitrogens with one attached hydrogen (secondary N) is 1. The van der Waals surface area contributed by atoms with Crippen LogP contribution in [0.4, 0.5) is 5.82 Å². The van der Waals surface area contributed by atoms with Crippen molar-refractivity contribution in [1.29, 1.82) is 0 Å². The highest BCUT2D eigenvalue weighted by Gasteiger charge is 2.33. The van der Waals surface area contributed by atoms with Crippen molar-refractivity contribution in [2.75, 3.05) is 19.0 Å². The largest absolute Gasteiger partial charge is 0.370 e. The summed E-state index contributed by atoms with van der Waals surface area (Å²) in [6.45, 7) is 7.39. The molecule has 0 spiro atoms. The van der Waals surface area contributed by atoms with E-state index in [1.54, 1.807) is 7.11 Å². The van der Waals surface area contributed by atoms with E-state index in [1.165, 1.54) is 11.3 Å². The van der Waals surface area contributed by atoms with E-state index >= 15 is 0 Å². The zero-order chi connectivity index (χ0) is 14.6. The fourth-order valence-corrected chi connectivity index (χ4v) is 3.63. The first kappa shape index (κ1) is 15.6. The second kappa shape index (κ2) is 6.76. The third-order valence-electron chi connectivity index (χ3n) is 4.06. The predicted octanol–water partition coefficient (Wildman–Crippen LogP) is 3.71. The molecule has 2 rings (SSSR count). The van der Waals surface area contributed by atoms with Gasteiger partial charge in [-0.05, 0) is 19.3 Å². The van der Waals surface area contributed by atoms with Crippen LogP contribution in [0.1, 0.15) is 57.1 Å². The molecule has 0 saturated heterocycles. The van der Waals surface area contributed by atoms with Crippen LogP contribution in [0.15, 0.2) is 0 Å². The summed E-state index contributed by atoms with van der Waals surface area (Å²) in [7, 11) is 1.76. The second-order valence-electron chi connectivity index (χ2n) is 5.15. The molecule has 0 amide bonds. The van der Waals surface area contributed by atoms with Crippen LogP contribution >= 0.6 is 11.8 Å². The van der Waals surface area contributed by atoms with Crippen LogP contribution in [0.5, 0.6) is 0 Å². The van der Waals surface area contributed by atoms with E-state index in [9.17, 15) is 0 Å². The molecule has 0 bridgehead atoms. The molecule has 0 atom stereocenters. The van der Waals surface area contributed by atoms with Gasteiger partial charge in [-0.2, -0.15) is 11.8 Å². The van der Waals surface area contributed by atoms with Gasteiger partial charge in [-0.1, -0.05) is 20.8 Å². The smallest absolute Gasteiger partial charge is 0.162 e. The number of ether oxygens (including phenoxy) is 1. The van der Waals surface area contributed by atoms with Gasteiger partial charge in [-0.15, -0.1) is 0 Å². The van der Waals surface area contributed by atoms with Gasteiger partial charge in [0.05, 0.1) is 5.69 Å². The van der Waals surface area contributed by atoms with Crippen molar-refractivity contribution in [3.63, 3.8) is 0 Å². The van der Waals surface area contributed by atoms with E-state index in [4.69, 9.17) is 14.7 Å². The number of hydrogen-bond acceptors (Lipinski definition) is 5. The third kappa shape index (κ3) is 2.79.